The number of aryl methyl sites for hydroxylation is 1. The molecule has 0 saturated carbocycles. The van der Waals surface area contributed by atoms with E-state index in [1.165, 1.54) is 5.56 Å². The van der Waals surface area contributed by atoms with E-state index < -0.39 is 11.4 Å². The zero-order valence-corrected chi connectivity index (χ0v) is 13.3. The summed E-state index contributed by atoms with van der Waals surface area (Å²) >= 11 is 5.08. The molecular weight excluding hydrogens is 336 g/mol. The first-order valence-electron chi connectivity index (χ1n) is 6.68. The van der Waals surface area contributed by atoms with E-state index in [4.69, 9.17) is 0 Å². The molecule has 0 amide bonds. The van der Waals surface area contributed by atoms with Gasteiger partial charge in [-0.25, -0.2) is 0 Å². The summed E-state index contributed by atoms with van der Waals surface area (Å²) in [5.41, 5.74) is 1.43. The Morgan fingerprint density at radius 1 is 1.30 bits per heavy atom. The minimum atomic E-state index is -0.765. The van der Waals surface area contributed by atoms with Crippen LogP contribution in [0, 0.1) is 0 Å². The van der Waals surface area contributed by atoms with Crippen molar-refractivity contribution in [1.82, 2.24) is 0 Å². The molecule has 2 nitrogen and oxygen atoms in total. The van der Waals surface area contributed by atoms with Gasteiger partial charge in [-0.05, 0) is 58.5 Å². The van der Waals surface area contributed by atoms with E-state index in [2.05, 4.69) is 22.0 Å². The Morgan fingerprint density at radius 2 is 2.10 bits per heavy atom. The van der Waals surface area contributed by atoms with Gasteiger partial charge in [-0.15, -0.1) is 11.3 Å². The predicted octanol–water partition coefficient (Wildman–Crippen LogP) is 4.41. The smallest absolute Gasteiger partial charge is 0.314 e. The molecule has 1 aromatic carbocycles. The molecule has 0 saturated heterocycles. The molecule has 104 valence electrons. The Bertz CT molecular complexity index is 649. The molecule has 1 aromatic heterocycles. The molecule has 1 heterocycles. The van der Waals surface area contributed by atoms with Gasteiger partial charge in [0.2, 0.25) is 0 Å². The largest absolute Gasteiger partial charge is 0.481 e. The quantitative estimate of drug-likeness (QED) is 0.889. The van der Waals surface area contributed by atoms with E-state index in [-0.39, 0.29) is 0 Å². The van der Waals surface area contributed by atoms with Crippen molar-refractivity contribution >= 4 is 33.2 Å². The van der Waals surface area contributed by atoms with Crippen LogP contribution >= 0.6 is 27.3 Å². The highest BCUT2D eigenvalue weighted by molar-refractivity contribution is 9.11. The number of aliphatic carboxylic acids is 1. The molecule has 0 fully saturated rings. The molecule has 1 aliphatic carbocycles. The molecule has 0 radical (unpaired) electrons. The number of carbonyl (C=O) groups is 1. The second-order valence-electron chi connectivity index (χ2n) is 5.28. The summed E-state index contributed by atoms with van der Waals surface area (Å²) in [4.78, 5) is 13.2. The van der Waals surface area contributed by atoms with Gasteiger partial charge < -0.3 is 5.11 Å². The fourth-order valence-corrected chi connectivity index (χ4v) is 4.74. The van der Waals surface area contributed by atoms with Crippen LogP contribution in [-0.4, -0.2) is 11.1 Å². The van der Waals surface area contributed by atoms with Crippen LogP contribution in [0.4, 0.5) is 0 Å². The van der Waals surface area contributed by atoms with Gasteiger partial charge >= 0.3 is 5.97 Å². The lowest BCUT2D eigenvalue weighted by atomic mass is 9.68. The lowest BCUT2D eigenvalue weighted by Gasteiger charge is -2.35. The highest BCUT2D eigenvalue weighted by atomic mass is 79.9. The molecular formula is C16H15BrO2S. The van der Waals surface area contributed by atoms with Crippen LogP contribution in [0.25, 0.3) is 0 Å². The van der Waals surface area contributed by atoms with Crippen LogP contribution in [0.15, 0.2) is 40.2 Å². The second kappa shape index (κ2) is 5.34. The first-order chi connectivity index (χ1) is 9.62. The molecule has 1 atom stereocenters. The van der Waals surface area contributed by atoms with Gasteiger partial charge in [0.15, 0.2) is 0 Å². The van der Waals surface area contributed by atoms with Gasteiger partial charge in [0, 0.05) is 11.3 Å². The van der Waals surface area contributed by atoms with Crippen LogP contribution in [0.2, 0.25) is 0 Å². The third kappa shape index (κ3) is 2.31. The number of benzene rings is 1. The SMILES string of the molecule is O=C(O)C1(Cc2ccc(Br)s2)CCCc2ccccc21. The third-order valence-corrected chi connectivity index (χ3v) is 5.72. The Morgan fingerprint density at radius 3 is 2.80 bits per heavy atom. The summed E-state index contributed by atoms with van der Waals surface area (Å²) in [6, 6.07) is 12.0. The van der Waals surface area contributed by atoms with Gasteiger partial charge in [-0.3, -0.25) is 4.79 Å². The standard InChI is InChI=1S/C16H15BrO2S/c17-14-8-7-12(20-14)10-16(15(18)19)9-3-5-11-4-1-2-6-13(11)16/h1-2,4,6-8H,3,5,9-10H2,(H,18,19). The molecule has 1 unspecified atom stereocenters. The third-order valence-electron chi connectivity index (χ3n) is 4.10. The van der Waals surface area contributed by atoms with Crippen molar-refractivity contribution < 1.29 is 9.90 Å². The minimum Gasteiger partial charge on any atom is -0.481 e. The van der Waals surface area contributed by atoms with Crippen LogP contribution in [0.1, 0.15) is 28.8 Å². The number of thiophene rings is 1. The average molecular weight is 351 g/mol. The van der Waals surface area contributed by atoms with Crippen molar-refractivity contribution in [2.75, 3.05) is 0 Å². The number of fused-ring (bicyclic) bond motifs is 1. The van der Waals surface area contributed by atoms with Crippen molar-refractivity contribution in [3.8, 4) is 0 Å². The lowest BCUT2D eigenvalue weighted by Crippen LogP contribution is -2.41. The molecule has 2 aromatic rings. The first-order valence-corrected chi connectivity index (χ1v) is 8.29. The normalized spacial score (nSPS) is 21.4. The monoisotopic (exact) mass is 350 g/mol. The molecule has 3 rings (SSSR count). The van der Waals surface area contributed by atoms with Crippen LogP contribution in [-0.2, 0) is 23.1 Å². The minimum absolute atomic E-state index is 0.579. The van der Waals surface area contributed by atoms with Crippen molar-refractivity contribution in [3.63, 3.8) is 0 Å². The molecule has 0 bridgehead atoms. The van der Waals surface area contributed by atoms with E-state index >= 15 is 0 Å². The predicted molar refractivity (Wildman–Crippen MR) is 84.4 cm³/mol. The fourth-order valence-electron chi connectivity index (χ4n) is 3.15. The van der Waals surface area contributed by atoms with Crippen molar-refractivity contribution in [2.24, 2.45) is 0 Å². The van der Waals surface area contributed by atoms with Crippen LogP contribution < -0.4 is 0 Å². The Kier molecular flexibility index (Phi) is 3.69. The number of hydrogen-bond acceptors (Lipinski definition) is 2. The number of carboxylic acid groups (broad SMARTS) is 1. The van der Waals surface area contributed by atoms with Crippen LogP contribution in [0.3, 0.4) is 0 Å². The Balaban J connectivity index is 2.07. The molecule has 1 N–H and O–H groups in total. The Hall–Kier alpha value is -1.13. The van der Waals surface area contributed by atoms with Crippen molar-refractivity contribution in [2.45, 2.75) is 31.1 Å². The van der Waals surface area contributed by atoms with E-state index in [1.807, 2.05) is 30.3 Å². The summed E-state index contributed by atoms with van der Waals surface area (Å²) in [7, 11) is 0. The fraction of sp³-hybridized carbons (Fsp3) is 0.312. The van der Waals surface area contributed by atoms with E-state index in [0.717, 1.165) is 33.5 Å². The van der Waals surface area contributed by atoms with Gasteiger partial charge in [0.25, 0.3) is 0 Å². The summed E-state index contributed by atoms with van der Waals surface area (Å²) < 4.78 is 1.05. The van der Waals surface area contributed by atoms with E-state index in [9.17, 15) is 9.90 Å². The van der Waals surface area contributed by atoms with Gasteiger partial charge in [0.05, 0.1) is 9.20 Å². The maximum atomic E-state index is 12.0. The molecule has 20 heavy (non-hydrogen) atoms. The average Bonchev–Trinajstić information content (AvgIpc) is 2.84. The summed E-state index contributed by atoms with van der Waals surface area (Å²) in [6.07, 6.45) is 3.22. The summed E-state index contributed by atoms with van der Waals surface area (Å²) in [5, 5.41) is 9.90. The van der Waals surface area contributed by atoms with Crippen LogP contribution in [0.5, 0.6) is 0 Å². The van der Waals surface area contributed by atoms with E-state index in [0.29, 0.717) is 6.42 Å². The number of carboxylic acids is 1. The molecule has 1 aliphatic rings. The molecule has 0 spiro atoms. The second-order valence-corrected chi connectivity index (χ2v) is 7.83. The maximum Gasteiger partial charge on any atom is 0.314 e. The topological polar surface area (TPSA) is 37.3 Å². The lowest BCUT2D eigenvalue weighted by molar-refractivity contribution is -0.144. The zero-order valence-electron chi connectivity index (χ0n) is 10.9. The molecule has 0 aliphatic heterocycles. The maximum absolute atomic E-state index is 12.0. The first kappa shape index (κ1) is 13.8. The highest BCUT2D eigenvalue weighted by Gasteiger charge is 2.43. The highest BCUT2D eigenvalue weighted by Crippen LogP contribution is 2.41. The van der Waals surface area contributed by atoms with Gasteiger partial charge in [-0.1, -0.05) is 24.3 Å². The zero-order chi connectivity index (χ0) is 14.2. The summed E-state index contributed by atoms with van der Waals surface area (Å²) in [5.74, 6) is -0.700. The number of halogens is 1. The Labute approximate surface area is 130 Å². The number of hydrogen-bond donors (Lipinski definition) is 1. The summed E-state index contributed by atoms with van der Waals surface area (Å²) in [6.45, 7) is 0. The van der Waals surface area contributed by atoms with Gasteiger partial charge in [0.1, 0.15) is 0 Å². The van der Waals surface area contributed by atoms with Gasteiger partial charge in [-0.2, -0.15) is 0 Å². The van der Waals surface area contributed by atoms with Crippen molar-refractivity contribution in [1.29, 1.82) is 0 Å². The van der Waals surface area contributed by atoms with E-state index in [1.54, 1.807) is 11.3 Å². The number of rotatable bonds is 3. The van der Waals surface area contributed by atoms with Crippen molar-refractivity contribution in [3.05, 3.63) is 56.2 Å². The molecule has 4 heteroatoms.